The summed E-state index contributed by atoms with van der Waals surface area (Å²) in [5, 5.41) is 21.8. The van der Waals surface area contributed by atoms with Gasteiger partial charge < -0.3 is 24.4 Å². The lowest BCUT2D eigenvalue weighted by atomic mass is 9.49. The predicted molar refractivity (Wildman–Crippen MR) is 158 cm³/mol. The number of aromatic hydroxyl groups is 2. The highest BCUT2D eigenvalue weighted by atomic mass is 16.6. The number of carbonyl (C=O) groups excluding carboxylic acids is 2. The molecule has 3 aliphatic carbocycles. The van der Waals surface area contributed by atoms with Gasteiger partial charge in [0.25, 0.3) is 0 Å². The van der Waals surface area contributed by atoms with E-state index in [1.165, 1.54) is 11.6 Å². The molecule has 0 amide bonds. The fourth-order valence-electron chi connectivity index (χ4n) is 7.26. The van der Waals surface area contributed by atoms with E-state index in [9.17, 15) is 19.8 Å². The lowest BCUT2D eigenvalue weighted by molar-refractivity contribution is -0.172. The molecule has 1 unspecified atom stereocenters. The zero-order chi connectivity index (χ0) is 29.8. The van der Waals surface area contributed by atoms with Crippen molar-refractivity contribution in [2.45, 2.75) is 58.2 Å². The molecule has 5 aliphatic rings. The quantitative estimate of drug-likeness (QED) is 0.296. The summed E-state index contributed by atoms with van der Waals surface area (Å²) >= 11 is 0. The van der Waals surface area contributed by atoms with Crippen LogP contribution in [-0.2, 0) is 27.1 Å². The van der Waals surface area contributed by atoms with Crippen LogP contribution in [0.1, 0.15) is 55.6 Å². The Morgan fingerprint density at radius 3 is 2.50 bits per heavy atom. The first-order valence-electron chi connectivity index (χ1n) is 14.7. The second-order valence-corrected chi connectivity index (χ2v) is 12.4. The van der Waals surface area contributed by atoms with Crippen molar-refractivity contribution < 1.29 is 34.0 Å². The minimum Gasteiger partial charge on any atom is -0.507 e. The monoisotopic (exact) mass is 570 g/mol. The van der Waals surface area contributed by atoms with Crippen LogP contribution in [0.4, 0.5) is 0 Å². The van der Waals surface area contributed by atoms with Gasteiger partial charge in [0.2, 0.25) is 0 Å². The molecular formula is C35H38O7. The number of phenolic OH excluding ortho intramolecular Hbond substituents is 2. The second-order valence-electron chi connectivity index (χ2n) is 12.4. The maximum absolute atomic E-state index is 14.4. The average Bonchev–Trinajstić information content (AvgIpc) is 3.23. The SMILES string of the molecule is CC(C)=CCc1c(O)cc(O)c2c1O[C@@]13C(=C[C@H]4C(=O)C1(CC=C(C)C)OC[C@@H]3[C@H]4COCCc1ccccc1)C2=O. The summed E-state index contributed by atoms with van der Waals surface area (Å²) in [6.45, 7) is 8.87. The fourth-order valence-corrected chi connectivity index (χ4v) is 7.26. The number of carbonyl (C=O) groups is 2. The highest BCUT2D eigenvalue weighted by molar-refractivity contribution is 6.18. The van der Waals surface area contributed by atoms with E-state index in [-0.39, 0.29) is 59.2 Å². The van der Waals surface area contributed by atoms with Crippen molar-refractivity contribution >= 4 is 11.6 Å². The van der Waals surface area contributed by atoms with Crippen molar-refractivity contribution in [3.63, 3.8) is 0 Å². The van der Waals surface area contributed by atoms with Gasteiger partial charge in [-0.2, -0.15) is 0 Å². The first kappa shape index (κ1) is 28.4. The van der Waals surface area contributed by atoms with E-state index < -0.39 is 17.1 Å². The van der Waals surface area contributed by atoms with E-state index in [2.05, 4.69) is 12.1 Å². The minimum atomic E-state index is -1.40. The van der Waals surface area contributed by atoms with Gasteiger partial charge in [-0.15, -0.1) is 0 Å². The zero-order valence-electron chi connectivity index (χ0n) is 24.6. The first-order chi connectivity index (χ1) is 20.1. The van der Waals surface area contributed by atoms with E-state index in [0.717, 1.165) is 17.6 Å². The van der Waals surface area contributed by atoms with Crippen LogP contribution in [0.2, 0.25) is 0 Å². The van der Waals surface area contributed by atoms with Crippen LogP contribution in [0.3, 0.4) is 0 Å². The number of phenols is 2. The molecule has 1 spiro atoms. The smallest absolute Gasteiger partial charge is 0.200 e. The van der Waals surface area contributed by atoms with Crippen molar-refractivity contribution in [1.82, 2.24) is 0 Å². The molecule has 2 aromatic rings. The Morgan fingerprint density at radius 1 is 1.05 bits per heavy atom. The summed E-state index contributed by atoms with van der Waals surface area (Å²) < 4.78 is 19.6. The van der Waals surface area contributed by atoms with Gasteiger partial charge in [-0.3, -0.25) is 9.59 Å². The highest BCUT2D eigenvalue weighted by Crippen LogP contribution is 2.65. The number of ether oxygens (including phenoxy) is 3. The molecular weight excluding hydrogens is 532 g/mol. The lowest BCUT2D eigenvalue weighted by Gasteiger charge is -2.58. The van der Waals surface area contributed by atoms with Crippen molar-refractivity contribution in [2.75, 3.05) is 19.8 Å². The Bertz CT molecular complexity index is 1530. The van der Waals surface area contributed by atoms with Crippen LogP contribution in [0.25, 0.3) is 0 Å². The number of hydrogen-bond acceptors (Lipinski definition) is 7. The molecule has 1 saturated carbocycles. The van der Waals surface area contributed by atoms with Gasteiger partial charge in [0.05, 0.1) is 19.8 Å². The number of fused-ring (bicyclic) bond motifs is 1. The van der Waals surface area contributed by atoms with Gasteiger partial charge in [0, 0.05) is 41.4 Å². The largest absolute Gasteiger partial charge is 0.507 e. The third-order valence-electron chi connectivity index (χ3n) is 9.33. The lowest BCUT2D eigenvalue weighted by Crippen LogP contribution is -2.74. The predicted octanol–water partition coefficient (Wildman–Crippen LogP) is 5.68. The van der Waals surface area contributed by atoms with E-state index in [1.54, 1.807) is 6.08 Å². The van der Waals surface area contributed by atoms with Gasteiger partial charge >= 0.3 is 0 Å². The first-order valence-corrected chi connectivity index (χ1v) is 14.7. The molecule has 2 fully saturated rings. The number of hydrogen-bond donors (Lipinski definition) is 2. The maximum atomic E-state index is 14.4. The fraction of sp³-hybridized carbons (Fsp3) is 0.429. The Balaban J connectivity index is 1.44. The Labute approximate surface area is 246 Å². The van der Waals surface area contributed by atoms with Crippen molar-refractivity contribution in [2.24, 2.45) is 17.8 Å². The summed E-state index contributed by atoms with van der Waals surface area (Å²) in [6.07, 6.45) is 6.95. The zero-order valence-corrected chi connectivity index (χ0v) is 24.6. The van der Waals surface area contributed by atoms with Gasteiger partial charge in [0.15, 0.2) is 22.8 Å². The van der Waals surface area contributed by atoms with Crippen molar-refractivity contribution in [3.05, 3.63) is 88.0 Å². The maximum Gasteiger partial charge on any atom is 0.200 e. The molecule has 0 radical (unpaired) electrons. The standard InChI is InChI=1S/C35H38O7/c1-20(2)10-11-23-28(36)17-29(37)30-31(38)26-16-24-25(18-40-15-13-22-8-6-5-7-9-22)27-19-41-34(33(24)39,14-12-21(3)4)35(26,27)42-32(23)30/h5-10,12,16-17,24-25,27,36-37H,11,13-15,18-19H2,1-4H3/t24-,25+,27-,34?,35-/m1/s1. The van der Waals surface area contributed by atoms with Crippen molar-refractivity contribution in [1.29, 1.82) is 0 Å². The Morgan fingerprint density at radius 2 is 1.79 bits per heavy atom. The van der Waals surface area contributed by atoms with E-state index in [4.69, 9.17) is 14.2 Å². The molecule has 220 valence electrons. The molecule has 42 heavy (non-hydrogen) atoms. The molecule has 0 aromatic heterocycles. The molecule has 1 saturated heterocycles. The van der Waals surface area contributed by atoms with Crippen LogP contribution in [0.5, 0.6) is 17.2 Å². The summed E-state index contributed by atoms with van der Waals surface area (Å²) in [7, 11) is 0. The van der Waals surface area contributed by atoms with E-state index >= 15 is 0 Å². The van der Waals surface area contributed by atoms with E-state index in [0.29, 0.717) is 30.8 Å². The van der Waals surface area contributed by atoms with Crippen LogP contribution < -0.4 is 4.74 Å². The van der Waals surface area contributed by atoms with Crippen LogP contribution in [0.15, 0.2) is 71.3 Å². The van der Waals surface area contributed by atoms with Gasteiger partial charge in [-0.1, -0.05) is 59.7 Å². The number of allylic oxidation sites excluding steroid dienone is 4. The minimum absolute atomic E-state index is 0.0225. The molecule has 4 bridgehead atoms. The third-order valence-corrected chi connectivity index (χ3v) is 9.33. The molecule has 7 nitrogen and oxygen atoms in total. The third kappa shape index (κ3) is 4.16. The summed E-state index contributed by atoms with van der Waals surface area (Å²) in [5.74, 6) is -2.03. The van der Waals surface area contributed by atoms with Crippen LogP contribution in [0, 0.1) is 17.8 Å². The average molecular weight is 571 g/mol. The number of rotatable bonds is 9. The number of Topliss-reactive ketones (excluding diaryl/α,β-unsaturated/α-hetero) is 2. The van der Waals surface area contributed by atoms with Gasteiger partial charge in [0.1, 0.15) is 22.8 Å². The molecule has 7 rings (SSSR count). The topological polar surface area (TPSA) is 102 Å². The normalized spacial score (nSPS) is 28.5. The molecule has 7 heteroatoms. The molecule has 2 heterocycles. The van der Waals surface area contributed by atoms with Crippen LogP contribution in [-0.4, -0.2) is 52.8 Å². The van der Waals surface area contributed by atoms with Gasteiger partial charge in [-0.25, -0.2) is 0 Å². The van der Waals surface area contributed by atoms with Gasteiger partial charge in [-0.05, 0) is 46.1 Å². The molecule has 2 N–H and O–H groups in total. The van der Waals surface area contributed by atoms with Crippen LogP contribution >= 0.6 is 0 Å². The number of ketones is 2. The summed E-state index contributed by atoms with van der Waals surface area (Å²) in [6, 6.07) is 11.3. The molecule has 2 aliphatic heterocycles. The highest BCUT2D eigenvalue weighted by Gasteiger charge is 2.79. The Kier molecular flexibility index (Phi) is 7.14. The van der Waals surface area contributed by atoms with Crippen molar-refractivity contribution in [3.8, 4) is 17.2 Å². The summed E-state index contributed by atoms with van der Waals surface area (Å²) in [4.78, 5) is 28.7. The molecule has 2 aromatic carbocycles. The second kappa shape index (κ2) is 10.5. The Hall–Kier alpha value is -3.68. The molecule has 5 atom stereocenters. The van der Waals surface area contributed by atoms with E-state index in [1.807, 2.05) is 58.0 Å². The summed E-state index contributed by atoms with van der Waals surface area (Å²) in [5.41, 5.74) is 1.21. The number of benzene rings is 2.